The topological polar surface area (TPSA) is 88.8 Å². The molecule has 1 N–H and O–H groups in total. The molecule has 0 aliphatic carbocycles. The molecule has 1 aromatic carbocycles. The van der Waals surface area contributed by atoms with Crippen LogP contribution in [0, 0.1) is 17.7 Å². The van der Waals surface area contributed by atoms with E-state index in [9.17, 15) is 18.8 Å². The number of ether oxygens (including phenoxy) is 1. The van der Waals surface area contributed by atoms with Crippen LogP contribution in [0.3, 0.4) is 0 Å². The quantitative estimate of drug-likeness (QED) is 0.640. The SMILES string of the molecule is CC[C@]1(C(=O)OC)N[C@@H](c2ccco2)[C@H]2C(=O)N(c3ccc(F)cc3)C(=O)[C@@H]21. The first-order valence-corrected chi connectivity index (χ1v) is 8.97. The first-order chi connectivity index (χ1) is 13.4. The summed E-state index contributed by atoms with van der Waals surface area (Å²) in [6, 6.07) is 7.80. The number of rotatable bonds is 4. The van der Waals surface area contributed by atoms with Crippen LogP contribution in [-0.2, 0) is 19.1 Å². The largest absolute Gasteiger partial charge is 0.468 e. The molecule has 28 heavy (non-hydrogen) atoms. The van der Waals surface area contributed by atoms with E-state index in [-0.39, 0.29) is 12.1 Å². The molecule has 0 saturated carbocycles. The molecule has 7 nitrogen and oxygen atoms in total. The lowest BCUT2D eigenvalue weighted by Crippen LogP contribution is -2.55. The van der Waals surface area contributed by atoms with Gasteiger partial charge in [0, 0.05) is 0 Å². The number of nitrogens with one attached hydrogen (secondary N) is 1. The Morgan fingerprint density at radius 2 is 1.96 bits per heavy atom. The summed E-state index contributed by atoms with van der Waals surface area (Å²) in [6.45, 7) is 1.75. The van der Waals surface area contributed by atoms with Crippen molar-refractivity contribution in [3.05, 3.63) is 54.2 Å². The zero-order valence-corrected chi connectivity index (χ0v) is 15.3. The number of amides is 2. The number of halogens is 1. The Hall–Kier alpha value is -3.00. The van der Waals surface area contributed by atoms with E-state index in [2.05, 4.69) is 5.32 Å². The highest BCUT2D eigenvalue weighted by Crippen LogP contribution is 2.51. The Kier molecular flexibility index (Phi) is 4.30. The second kappa shape index (κ2) is 6.56. The van der Waals surface area contributed by atoms with Crippen LogP contribution in [-0.4, -0.2) is 30.4 Å². The number of carbonyl (C=O) groups excluding carboxylic acids is 3. The number of imide groups is 1. The molecule has 1 aromatic heterocycles. The zero-order chi connectivity index (χ0) is 20.1. The van der Waals surface area contributed by atoms with Crippen molar-refractivity contribution in [1.29, 1.82) is 0 Å². The predicted octanol–water partition coefficient (Wildman–Crippen LogP) is 2.19. The van der Waals surface area contributed by atoms with Gasteiger partial charge >= 0.3 is 5.97 Å². The summed E-state index contributed by atoms with van der Waals surface area (Å²) < 4.78 is 23.8. The van der Waals surface area contributed by atoms with Crippen molar-refractivity contribution in [3.63, 3.8) is 0 Å². The van der Waals surface area contributed by atoms with Crippen molar-refractivity contribution >= 4 is 23.5 Å². The van der Waals surface area contributed by atoms with Crippen LogP contribution < -0.4 is 10.2 Å². The molecular weight excluding hydrogens is 367 g/mol. The van der Waals surface area contributed by atoms with E-state index in [1.807, 2.05) is 0 Å². The molecule has 4 atom stereocenters. The molecule has 2 amide bonds. The van der Waals surface area contributed by atoms with Gasteiger partial charge < -0.3 is 9.15 Å². The van der Waals surface area contributed by atoms with Gasteiger partial charge in [-0.1, -0.05) is 6.92 Å². The Morgan fingerprint density at radius 1 is 1.25 bits per heavy atom. The van der Waals surface area contributed by atoms with Crippen LogP contribution >= 0.6 is 0 Å². The Labute approximate surface area is 160 Å². The first kappa shape index (κ1) is 18.4. The summed E-state index contributed by atoms with van der Waals surface area (Å²) in [6.07, 6.45) is 1.71. The van der Waals surface area contributed by atoms with E-state index in [1.54, 1.807) is 19.1 Å². The average molecular weight is 386 g/mol. The van der Waals surface area contributed by atoms with Crippen LogP contribution in [0.2, 0.25) is 0 Å². The molecule has 0 radical (unpaired) electrons. The minimum absolute atomic E-state index is 0.244. The number of nitrogens with zero attached hydrogens (tertiary/aromatic N) is 1. The van der Waals surface area contributed by atoms with Gasteiger partial charge in [-0.15, -0.1) is 0 Å². The monoisotopic (exact) mass is 386 g/mol. The number of furan rings is 1. The molecule has 2 fully saturated rings. The van der Waals surface area contributed by atoms with Crippen molar-refractivity contribution in [2.75, 3.05) is 12.0 Å². The lowest BCUT2D eigenvalue weighted by atomic mass is 9.78. The Bertz CT molecular complexity index is 927. The molecule has 4 rings (SSSR count). The number of fused-ring (bicyclic) bond motifs is 1. The minimum Gasteiger partial charge on any atom is -0.468 e. The van der Waals surface area contributed by atoms with Crippen molar-refractivity contribution < 1.29 is 27.9 Å². The number of anilines is 1. The number of hydrogen-bond acceptors (Lipinski definition) is 6. The predicted molar refractivity (Wildman–Crippen MR) is 95.5 cm³/mol. The number of hydrogen-bond donors (Lipinski definition) is 1. The molecule has 0 spiro atoms. The molecule has 2 saturated heterocycles. The summed E-state index contributed by atoms with van der Waals surface area (Å²) in [7, 11) is 1.25. The van der Waals surface area contributed by atoms with Gasteiger partial charge in [0.25, 0.3) is 0 Å². The van der Waals surface area contributed by atoms with Crippen molar-refractivity contribution in [3.8, 4) is 0 Å². The van der Waals surface area contributed by atoms with Gasteiger partial charge in [-0.05, 0) is 42.8 Å². The molecule has 2 aromatic rings. The van der Waals surface area contributed by atoms with Gasteiger partial charge in [0.05, 0.1) is 36.9 Å². The van der Waals surface area contributed by atoms with E-state index in [0.717, 1.165) is 4.90 Å². The molecule has 3 heterocycles. The van der Waals surface area contributed by atoms with Crippen LogP contribution in [0.1, 0.15) is 25.1 Å². The van der Waals surface area contributed by atoms with Gasteiger partial charge in [0.15, 0.2) is 0 Å². The van der Waals surface area contributed by atoms with E-state index in [1.165, 1.54) is 37.6 Å². The minimum atomic E-state index is -1.36. The highest BCUT2D eigenvalue weighted by atomic mass is 19.1. The zero-order valence-electron chi connectivity index (χ0n) is 15.3. The number of methoxy groups -OCH3 is 1. The number of carbonyl (C=O) groups is 3. The van der Waals surface area contributed by atoms with Crippen LogP contribution in [0.25, 0.3) is 0 Å². The maximum Gasteiger partial charge on any atom is 0.326 e. The summed E-state index contributed by atoms with van der Waals surface area (Å²) in [5, 5.41) is 3.15. The van der Waals surface area contributed by atoms with E-state index in [0.29, 0.717) is 5.76 Å². The van der Waals surface area contributed by atoms with Crippen LogP contribution in [0.4, 0.5) is 10.1 Å². The normalized spacial score (nSPS) is 29.2. The smallest absolute Gasteiger partial charge is 0.326 e. The summed E-state index contributed by atoms with van der Waals surface area (Å²) in [4.78, 5) is 40.4. The summed E-state index contributed by atoms with van der Waals surface area (Å²) >= 11 is 0. The Balaban J connectivity index is 1.84. The molecule has 2 aliphatic rings. The van der Waals surface area contributed by atoms with E-state index in [4.69, 9.17) is 9.15 Å². The van der Waals surface area contributed by atoms with Gasteiger partial charge in [-0.3, -0.25) is 19.7 Å². The number of esters is 1. The van der Waals surface area contributed by atoms with Crippen molar-refractivity contribution in [2.24, 2.45) is 11.8 Å². The Morgan fingerprint density at radius 3 is 2.54 bits per heavy atom. The van der Waals surface area contributed by atoms with Crippen molar-refractivity contribution in [2.45, 2.75) is 24.9 Å². The average Bonchev–Trinajstić information content (AvgIpc) is 3.39. The first-order valence-electron chi connectivity index (χ1n) is 8.97. The molecule has 0 bridgehead atoms. The second-order valence-corrected chi connectivity index (χ2v) is 6.95. The lowest BCUT2D eigenvalue weighted by molar-refractivity contribution is -0.152. The molecule has 0 unspecified atom stereocenters. The second-order valence-electron chi connectivity index (χ2n) is 6.95. The third-order valence-corrected chi connectivity index (χ3v) is 5.70. The van der Waals surface area contributed by atoms with Gasteiger partial charge in [0.1, 0.15) is 17.1 Å². The molecular formula is C20H19FN2O5. The highest BCUT2D eigenvalue weighted by Gasteiger charge is 2.68. The molecule has 8 heteroatoms. The maximum atomic E-state index is 13.3. The number of benzene rings is 1. The van der Waals surface area contributed by atoms with E-state index >= 15 is 0 Å². The van der Waals surface area contributed by atoms with Gasteiger partial charge in [0.2, 0.25) is 11.8 Å². The van der Waals surface area contributed by atoms with Crippen LogP contribution in [0.15, 0.2) is 47.1 Å². The molecule has 2 aliphatic heterocycles. The van der Waals surface area contributed by atoms with Gasteiger partial charge in [-0.25, -0.2) is 9.29 Å². The lowest BCUT2D eigenvalue weighted by Gasteiger charge is -2.31. The standard InChI is InChI=1S/C20H19FN2O5/c1-3-20(19(26)27-2)15-14(16(22-20)13-5-4-10-28-13)17(24)23(18(15)25)12-8-6-11(21)7-9-12/h4-10,14-16,22H,3H2,1-2H3/t14-,15+,16-,20-/m0/s1. The summed E-state index contributed by atoms with van der Waals surface area (Å²) in [5.41, 5.74) is -1.10. The summed E-state index contributed by atoms with van der Waals surface area (Å²) in [5.74, 6) is -3.42. The third-order valence-electron chi connectivity index (χ3n) is 5.70. The third kappa shape index (κ3) is 2.41. The highest BCUT2D eigenvalue weighted by molar-refractivity contribution is 6.24. The fraction of sp³-hybridized carbons (Fsp3) is 0.350. The van der Waals surface area contributed by atoms with Gasteiger partial charge in [-0.2, -0.15) is 0 Å². The van der Waals surface area contributed by atoms with Crippen molar-refractivity contribution in [1.82, 2.24) is 5.32 Å². The van der Waals surface area contributed by atoms with Crippen LogP contribution in [0.5, 0.6) is 0 Å². The fourth-order valence-corrected chi connectivity index (χ4v) is 4.40. The van der Waals surface area contributed by atoms with E-state index < -0.39 is 47.0 Å². The maximum absolute atomic E-state index is 13.3. The fourth-order valence-electron chi connectivity index (χ4n) is 4.40. The molecule has 146 valence electrons.